The van der Waals surface area contributed by atoms with Gasteiger partial charge in [0.1, 0.15) is 0 Å². The highest BCUT2D eigenvalue weighted by atomic mass is 79.9. The minimum Gasteiger partial charge on any atom is -0.397 e. The number of rotatable bonds is 2. The Labute approximate surface area is 130 Å². The van der Waals surface area contributed by atoms with Gasteiger partial charge in [0.2, 0.25) is 0 Å². The van der Waals surface area contributed by atoms with Gasteiger partial charge in [0.15, 0.2) is 0 Å². The Morgan fingerprint density at radius 1 is 1.29 bits per heavy atom. The molecule has 2 amide bonds. The first-order chi connectivity index (χ1) is 9.99. The van der Waals surface area contributed by atoms with E-state index in [1.165, 1.54) is 0 Å². The van der Waals surface area contributed by atoms with Crippen molar-refractivity contribution in [2.24, 2.45) is 0 Å². The molecule has 21 heavy (non-hydrogen) atoms. The number of carbonyl (C=O) groups is 1. The van der Waals surface area contributed by atoms with E-state index in [0.717, 1.165) is 10.0 Å². The van der Waals surface area contributed by atoms with Gasteiger partial charge in [-0.15, -0.1) is 0 Å². The maximum atomic E-state index is 12.0. The summed E-state index contributed by atoms with van der Waals surface area (Å²) in [5.41, 5.74) is 8.80. The quantitative estimate of drug-likeness (QED) is 0.722. The highest BCUT2D eigenvalue weighted by Gasteiger charge is 2.09. The lowest BCUT2D eigenvalue weighted by molar-refractivity contribution is 0.262. The molecule has 0 aliphatic carbocycles. The van der Waals surface area contributed by atoms with Crippen LogP contribution in [0.5, 0.6) is 0 Å². The van der Waals surface area contributed by atoms with Gasteiger partial charge in [-0.2, -0.15) is 5.26 Å². The highest BCUT2D eigenvalue weighted by molar-refractivity contribution is 9.10. The largest absolute Gasteiger partial charge is 0.397 e. The lowest BCUT2D eigenvalue weighted by atomic mass is 10.1. The van der Waals surface area contributed by atoms with Crippen LogP contribution in [-0.2, 0) is 0 Å². The third kappa shape index (κ3) is 3.74. The van der Waals surface area contributed by atoms with Crippen molar-refractivity contribution in [1.82, 2.24) is 0 Å². The Morgan fingerprint density at radius 3 is 2.71 bits per heavy atom. The van der Waals surface area contributed by atoms with Crippen LogP contribution in [-0.4, -0.2) is 6.03 Å². The van der Waals surface area contributed by atoms with Crippen molar-refractivity contribution < 1.29 is 4.79 Å². The van der Waals surface area contributed by atoms with E-state index >= 15 is 0 Å². The molecule has 5 nitrogen and oxygen atoms in total. The van der Waals surface area contributed by atoms with Crippen molar-refractivity contribution in [2.75, 3.05) is 16.4 Å². The molecular weight excluding hydrogens is 332 g/mol. The number of nitrogens with zero attached hydrogens (tertiary/aromatic N) is 1. The van der Waals surface area contributed by atoms with E-state index in [4.69, 9.17) is 11.0 Å². The number of halogens is 1. The summed E-state index contributed by atoms with van der Waals surface area (Å²) in [5, 5.41) is 14.2. The Hall–Kier alpha value is -2.52. The summed E-state index contributed by atoms with van der Waals surface area (Å²) < 4.78 is 0.852. The normalized spacial score (nSPS) is 9.76. The summed E-state index contributed by atoms with van der Waals surface area (Å²) in [6.45, 7) is 1.85. The first-order valence-corrected chi connectivity index (χ1v) is 6.92. The minimum atomic E-state index is -0.415. The molecule has 0 fully saturated rings. The molecular formula is C15H13BrN4O. The number of nitrogens with one attached hydrogen (secondary N) is 2. The lowest BCUT2D eigenvalue weighted by Gasteiger charge is -2.13. The lowest BCUT2D eigenvalue weighted by Crippen LogP contribution is -2.20. The number of hydrogen-bond donors (Lipinski definition) is 3. The van der Waals surface area contributed by atoms with Gasteiger partial charge in [0.05, 0.1) is 23.0 Å². The van der Waals surface area contributed by atoms with Crippen molar-refractivity contribution in [3.8, 4) is 6.07 Å². The van der Waals surface area contributed by atoms with Gasteiger partial charge >= 0.3 is 6.03 Å². The average Bonchev–Trinajstić information content (AvgIpc) is 2.43. The van der Waals surface area contributed by atoms with Crippen LogP contribution in [0.15, 0.2) is 40.9 Å². The number of nitrogens with two attached hydrogens (primary N) is 1. The number of carbonyl (C=O) groups excluding carboxylic acids is 1. The summed E-state index contributed by atoms with van der Waals surface area (Å²) in [7, 11) is 0. The second-order valence-electron chi connectivity index (χ2n) is 4.46. The maximum absolute atomic E-state index is 12.0. The van der Waals surface area contributed by atoms with Crippen LogP contribution < -0.4 is 16.4 Å². The predicted octanol–water partition coefficient (Wildman–Crippen LogP) is 3.86. The summed E-state index contributed by atoms with van der Waals surface area (Å²) in [5.74, 6) is 0. The monoisotopic (exact) mass is 344 g/mol. The van der Waals surface area contributed by atoms with Gasteiger partial charge in [-0.25, -0.2) is 4.79 Å². The molecule has 0 unspecified atom stereocenters. The maximum Gasteiger partial charge on any atom is 0.323 e. The fourth-order valence-corrected chi connectivity index (χ4v) is 2.47. The molecule has 0 aliphatic heterocycles. The van der Waals surface area contributed by atoms with Gasteiger partial charge < -0.3 is 16.4 Å². The zero-order valence-electron chi connectivity index (χ0n) is 11.3. The van der Waals surface area contributed by atoms with E-state index in [9.17, 15) is 4.79 Å². The summed E-state index contributed by atoms with van der Waals surface area (Å²) in [4.78, 5) is 12.0. The number of hydrogen-bond acceptors (Lipinski definition) is 3. The molecule has 0 saturated heterocycles. The Kier molecular flexibility index (Phi) is 4.45. The van der Waals surface area contributed by atoms with Gasteiger partial charge in [-0.05, 0) is 42.8 Å². The first kappa shape index (κ1) is 14.9. The number of nitriles is 1. The number of amides is 2. The Balaban J connectivity index is 2.14. The van der Waals surface area contributed by atoms with Crippen LogP contribution in [0.25, 0.3) is 0 Å². The molecule has 106 valence electrons. The molecule has 0 heterocycles. The standard InChI is InChI=1S/C15H13BrN4O/c1-9-5-11(16)7-13(18)14(9)20-15(21)19-12-4-2-3-10(6-12)8-17/h2-7H,18H2,1H3,(H2,19,20,21). The SMILES string of the molecule is Cc1cc(Br)cc(N)c1NC(=O)Nc1cccc(C#N)c1. The summed E-state index contributed by atoms with van der Waals surface area (Å²) in [6.07, 6.45) is 0. The number of aryl methyl sites for hydroxylation is 1. The first-order valence-electron chi connectivity index (χ1n) is 6.13. The smallest absolute Gasteiger partial charge is 0.323 e. The van der Waals surface area contributed by atoms with E-state index < -0.39 is 6.03 Å². The van der Waals surface area contributed by atoms with Crippen molar-refractivity contribution in [2.45, 2.75) is 6.92 Å². The second kappa shape index (κ2) is 6.29. The van der Waals surface area contributed by atoms with Gasteiger partial charge in [-0.1, -0.05) is 22.0 Å². The van der Waals surface area contributed by atoms with E-state index in [1.807, 2.05) is 19.1 Å². The van der Waals surface area contributed by atoms with Crippen molar-refractivity contribution in [3.05, 3.63) is 52.0 Å². The van der Waals surface area contributed by atoms with Crippen LogP contribution in [0.2, 0.25) is 0 Å². The molecule has 2 aromatic rings. The van der Waals surface area contributed by atoms with Crippen molar-refractivity contribution in [3.63, 3.8) is 0 Å². The van der Waals surface area contributed by atoms with Crippen molar-refractivity contribution >= 4 is 39.0 Å². The molecule has 6 heteroatoms. The molecule has 2 aromatic carbocycles. The fraction of sp³-hybridized carbons (Fsp3) is 0.0667. The summed E-state index contributed by atoms with van der Waals surface area (Å²) in [6, 6.07) is 11.9. The van der Waals surface area contributed by atoms with Crippen LogP contribution in [0.1, 0.15) is 11.1 Å². The molecule has 2 rings (SSSR count). The topological polar surface area (TPSA) is 90.9 Å². The Morgan fingerprint density at radius 2 is 2.05 bits per heavy atom. The zero-order chi connectivity index (χ0) is 15.4. The molecule has 0 saturated carbocycles. The van der Waals surface area contributed by atoms with Gasteiger partial charge in [-0.3, -0.25) is 0 Å². The van der Waals surface area contributed by atoms with Gasteiger partial charge in [0, 0.05) is 10.2 Å². The number of anilines is 3. The molecule has 0 aliphatic rings. The minimum absolute atomic E-state index is 0.415. The third-order valence-electron chi connectivity index (χ3n) is 2.82. The van der Waals surface area contributed by atoms with Crippen LogP contribution >= 0.6 is 15.9 Å². The fourth-order valence-electron chi connectivity index (χ4n) is 1.88. The van der Waals surface area contributed by atoms with Crippen molar-refractivity contribution in [1.29, 1.82) is 5.26 Å². The molecule has 0 radical (unpaired) electrons. The molecule has 0 spiro atoms. The van der Waals surface area contributed by atoms with E-state index in [0.29, 0.717) is 22.6 Å². The van der Waals surface area contributed by atoms with E-state index in [1.54, 1.807) is 30.3 Å². The van der Waals surface area contributed by atoms with Crippen LogP contribution in [0, 0.1) is 18.3 Å². The van der Waals surface area contributed by atoms with E-state index in [2.05, 4.69) is 26.6 Å². The van der Waals surface area contributed by atoms with Crippen LogP contribution in [0.4, 0.5) is 21.9 Å². The average molecular weight is 345 g/mol. The van der Waals surface area contributed by atoms with Crippen LogP contribution in [0.3, 0.4) is 0 Å². The Bertz CT molecular complexity index is 714. The number of urea groups is 1. The molecule has 0 bridgehead atoms. The highest BCUT2D eigenvalue weighted by Crippen LogP contribution is 2.27. The second-order valence-corrected chi connectivity index (χ2v) is 5.37. The molecule has 0 atom stereocenters. The number of nitrogen functional groups attached to an aromatic ring is 1. The third-order valence-corrected chi connectivity index (χ3v) is 3.28. The zero-order valence-corrected chi connectivity index (χ0v) is 12.9. The van der Waals surface area contributed by atoms with E-state index in [-0.39, 0.29) is 0 Å². The molecule has 0 aromatic heterocycles. The molecule has 4 N–H and O–H groups in total. The van der Waals surface area contributed by atoms with Gasteiger partial charge in [0.25, 0.3) is 0 Å². The predicted molar refractivity (Wildman–Crippen MR) is 87.1 cm³/mol. The summed E-state index contributed by atoms with van der Waals surface area (Å²) >= 11 is 3.34. The number of benzene rings is 2.